The number of carboxylic acid groups (broad SMARTS) is 2. The van der Waals surface area contributed by atoms with Crippen LogP contribution in [0.2, 0.25) is 0 Å². The molecule has 0 spiro atoms. The molecule has 1 aromatic carbocycles. The van der Waals surface area contributed by atoms with E-state index in [2.05, 4.69) is 10.3 Å². The summed E-state index contributed by atoms with van der Waals surface area (Å²) in [4.78, 5) is 22.2. The summed E-state index contributed by atoms with van der Waals surface area (Å²) in [6.45, 7) is 3.29. The number of benzene rings is 1. The van der Waals surface area contributed by atoms with Gasteiger partial charge in [-0.3, -0.25) is 0 Å². The summed E-state index contributed by atoms with van der Waals surface area (Å²) in [5.41, 5.74) is 1.000. The second kappa shape index (κ2) is 12.4. The van der Waals surface area contributed by atoms with Gasteiger partial charge in [0, 0.05) is 25.5 Å². The Hall–Kier alpha value is -3.15. The molecule has 0 fully saturated rings. The summed E-state index contributed by atoms with van der Waals surface area (Å²) >= 11 is 0. The molecule has 0 saturated heterocycles. The Bertz CT molecular complexity index is 785. The highest BCUT2D eigenvalue weighted by Gasteiger charge is 2.13. The number of rotatable bonds is 10. The highest BCUT2D eigenvalue weighted by molar-refractivity contribution is 6.27. The van der Waals surface area contributed by atoms with Crippen molar-refractivity contribution in [2.75, 3.05) is 26.5 Å². The number of carbonyl (C=O) groups is 2. The maximum Gasteiger partial charge on any atom is 0.414 e. The maximum absolute atomic E-state index is 9.92. The van der Waals surface area contributed by atoms with Crippen LogP contribution in [-0.4, -0.2) is 69.4 Å². The van der Waals surface area contributed by atoms with E-state index in [4.69, 9.17) is 34.0 Å². The van der Waals surface area contributed by atoms with Gasteiger partial charge in [0.1, 0.15) is 0 Å². The first-order valence-corrected chi connectivity index (χ1v) is 9.22. The van der Waals surface area contributed by atoms with Gasteiger partial charge >= 0.3 is 11.9 Å². The van der Waals surface area contributed by atoms with E-state index in [1.807, 2.05) is 29.0 Å². The van der Waals surface area contributed by atoms with Crippen LogP contribution in [0.1, 0.15) is 12.0 Å². The van der Waals surface area contributed by atoms with E-state index in [0.717, 1.165) is 36.6 Å². The van der Waals surface area contributed by atoms with Crippen molar-refractivity contribution < 1.29 is 39.1 Å². The highest BCUT2D eigenvalue weighted by atomic mass is 16.7. The number of imidazole rings is 1. The maximum atomic E-state index is 9.92. The van der Waals surface area contributed by atoms with Gasteiger partial charge in [0.2, 0.25) is 6.79 Å². The van der Waals surface area contributed by atoms with Crippen LogP contribution >= 0.6 is 0 Å². The highest BCUT2D eigenvalue weighted by Crippen LogP contribution is 2.32. The molecule has 1 aromatic heterocycles. The molecule has 30 heavy (non-hydrogen) atoms. The van der Waals surface area contributed by atoms with Gasteiger partial charge in [0.15, 0.2) is 11.5 Å². The van der Waals surface area contributed by atoms with Crippen molar-refractivity contribution in [3.8, 4) is 11.5 Å². The van der Waals surface area contributed by atoms with Crippen molar-refractivity contribution >= 4 is 11.9 Å². The molecule has 11 nitrogen and oxygen atoms in total. The number of hydrogen-bond acceptors (Lipinski definition) is 8. The van der Waals surface area contributed by atoms with E-state index in [-0.39, 0.29) is 6.79 Å². The monoisotopic (exact) mass is 423 g/mol. The van der Waals surface area contributed by atoms with Gasteiger partial charge < -0.3 is 39.4 Å². The van der Waals surface area contributed by atoms with Crippen molar-refractivity contribution in [3.63, 3.8) is 0 Å². The number of nitrogens with zero attached hydrogens (tertiary/aromatic N) is 2. The van der Waals surface area contributed by atoms with E-state index in [9.17, 15) is 5.11 Å². The number of aromatic nitrogens is 2. The first-order valence-electron chi connectivity index (χ1n) is 9.22. The quantitative estimate of drug-likeness (QED) is 0.310. The van der Waals surface area contributed by atoms with Gasteiger partial charge in [-0.15, -0.1) is 0 Å². The van der Waals surface area contributed by atoms with Crippen LogP contribution in [0, 0.1) is 0 Å². The van der Waals surface area contributed by atoms with Crippen LogP contribution < -0.4 is 14.8 Å². The third-order valence-electron chi connectivity index (χ3n) is 3.91. The standard InChI is InChI=1S/C17H23N3O4.C2H2O4/c21-15(9-18-4-1-6-20-7-5-19-12-20)11-22-10-14-2-3-16-17(8-14)24-13-23-16;3-1(4)2(5)6/h2-3,5,7-8,12,15,18,21H,1,4,6,9-11,13H2;(H,3,4)(H,5,6). The molecule has 1 unspecified atom stereocenters. The summed E-state index contributed by atoms with van der Waals surface area (Å²) in [6.07, 6.45) is 5.99. The van der Waals surface area contributed by atoms with E-state index >= 15 is 0 Å². The first-order chi connectivity index (χ1) is 14.5. The van der Waals surface area contributed by atoms with Crippen molar-refractivity contribution in [1.29, 1.82) is 0 Å². The number of nitrogens with one attached hydrogen (secondary N) is 1. The Labute approximate surface area is 172 Å². The predicted molar refractivity (Wildman–Crippen MR) is 103 cm³/mol. The van der Waals surface area contributed by atoms with E-state index < -0.39 is 18.0 Å². The zero-order valence-corrected chi connectivity index (χ0v) is 16.3. The third-order valence-corrected chi connectivity index (χ3v) is 3.91. The summed E-state index contributed by atoms with van der Waals surface area (Å²) in [5, 5.41) is 27.9. The van der Waals surface area contributed by atoms with Gasteiger partial charge in [-0.25, -0.2) is 14.6 Å². The van der Waals surface area contributed by atoms with Gasteiger partial charge in [-0.1, -0.05) is 6.07 Å². The van der Waals surface area contributed by atoms with Crippen LogP contribution in [0.5, 0.6) is 11.5 Å². The Kier molecular flexibility index (Phi) is 9.58. The van der Waals surface area contributed by atoms with Crippen molar-refractivity contribution in [1.82, 2.24) is 14.9 Å². The molecule has 1 aliphatic rings. The SMILES string of the molecule is O=C(O)C(=O)O.OC(CNCCCn1ccnc1)COCc1ccc2c(c1)OCO2. The summed E-state index contributed by atoms with van der Waals surface area (Å²) < 4.78 is 18.2. The molecule has 1 aliphatic heterocycles. The summed E-state index contributed by atoms with van der Waals surface area (Å²) in [7, 11) is 0. The largest absolute Gasteiger partial charge is 0.473 e. The minimum Gasteiger partial charge on any atom is -0.473 e. The smallest absolute Gasteiger partial charge is 0.414 e. The molecule has 164 valence electrons. The van der Waals surface area contributed by atoms with Gasteiger partial charge in [-0.2, -0.15) is 0 Å². The number of carboxylic acids is 2. The van der Waals surface area contributed by atoms with E-state index in [1.54, 1.807) is 12.5 Å². The zero-order chi connectivity index (χ0) is 21.8. The van der Waals surface area contributed by atoms with Crippen LogP contribution in [0.15, 0.2) is 36.9 Å². The molecule has 0 bridgehead atoms. The average molecular weight is 423 g/mol. The first kappa shape index (κ1) is 23.1. The Balaban J connectivity index is 0.000000469. The summed E-state index contributed by atoms with van der Waals surface area (Å²) in [5.74, 6) is -2.14. The van der Waals surface area contributed by atoms with Crippen LogP contribution in [0.4, 0.5) is 0 Å². The number of aliphatic hydroxyl groups is 1. The molecular weight excluding hydrogens is 398 g/mol. The topological polar surface area (TPSA) is 152 Å². The van der Waals surface area contributed by atoms with Crippen molar-refractivity contribution in [2.24, 2.45) is 0 Å². The molecule has 0 radical (unpaired) electrons. The normalized spacial score (nSPS) is 12.7. The fourth-order valence-electron chi connectivity index (χ4n) is 2.48. The summed E-state index contributed by atoms with van der Waals surface area (Å²) in [6, 6.07) is 5.72. The van der Waals surface area contributed by atoms with Crippen molar-refractivity contribution in [2.45, 2.75) is 25.7 Å². The Morgan fingerprint density at radius 3 is 2.70 bits per heavy atom. The minimum absolute atomic E-state index is 0.269. The molecule has 3 rings (SSSR count). The van der Waals surface area contributed by atoms with Gasteiger partial charge in [-0.05, 0) is 30.7 Å². The van der Waals surface area contributed by atoms with Crippen LogP contribution in [0.3, 0.4) is 0 Å². The van der Waals surface area contributed by atoms with Crippen LogP contribution in [0.25, 0.3) is 0 Å². The molecule has 4 N–H and O–H groups in total. The van der Waals surface area contributed by atoms with Gasteiger partial charge in [0.25, 0.3) is 0 Å². The number of hydrogen-bond donors (Lipinski definition) is 4. The van der Waals surface area contributed by atoms with E-state index in [0.29, 0.717) is 19.8 Å². The average Bonchev–Trinajstić information content (AvgIpc) is 3.39. The molecule has 0 aliphatic carbocycles. The Morgan fingerprint density at radius 1 is 1.23 bits per heavy atom. The number of fused-ring (bicyclic) bond motifs is 1. The molecule has 2 heterocycles. The predicted octanol–water partition coefficient (Wildman–Crippen LogP) is 0.325. The fourth-order valence-corrected chi connectivity index (χ4v) is 2.48. The number of aryl methyl sites for hydroxylation is 1. The Morgan fingerprint density at radius 2 is 2.00 bits per heavy atom. The molecule has 0 amide bonds. The second-order valence-electron chi connectivity index (χ2n) is 6.33. The number of aliphatic hydroxyl groups excluding tert-OH is 1. The molecule has 1 atom stereocenters. The second-order valence-corrected chi connectivity index (χ2v) is 6.33. The number of ether oxygens (including phenoxy) is 3. The minimum atomic E-state index is -1.82. The molecule has 0 saturated carbocycles. The van der Waals surface area contributed by atoms with E-state index in [1.165, 1.54) is 0 Å². The fraction of sp³-hybridized carbons (Fsp3) is 0.421. The lowest BCUT2D eigenvalue weighted by molar-refractivity contribution is -0.159. The van der Waals surface area contributed by atoms with Crippen molar-refractivity contribution in [3.05, 3.63) is 42.5 Å². The number of aliphatic carboxylic acids is 2. The third kappa shape index (κ3) is 8.47. The lowest BCUT2D eigenvalue weighted by Gasteiger charge is -2.12. The molecule has 11 heteroatoms. The lowest BCUT2D eigenvalue weighted by atomic mass is 10.2. The van der Waals surface area contributed by atoms with Gasteiger partial charge in [0.05, 0.1) is 25.6 Å². The lowest BCUT2D eigenvalue weighted by Crippen LogP contribution is -2.31. The van der Waals surface area contributed by atoms with Crippen LogP contribution in [-0.2, 0) is 27.5 Å². The molecule has 2 aromatic rings. The molecular formula is C19H25N3O8. The zero-order valence-electron chi connectivity index (χ0n) is 16.3.